The largest absolute Gasteiger partial charge is 0.298 e. The van der Waals surface area contributed by atoms with Crippen LogP contribution >= 0.6 is 11.3 Å². The first-order chi connectivity index (χ1) is 10.7. The molecule has 0 N–H and O–H groups in total. The highest BCUT2D eigenvalue weighted by Gasteiger charge is 2.13. The van der Waals surface area contributed by atoms with Crippen molar-refractivity contribution in [1.29, 1.82) is 0 Å². The van der Waals surface area contributed by atoms with Crippen LogP contribution in [0.5, 0.6) is 0 Å². The van der Waals surface area contributed by atoms with E-state index in [1.54, 1.807) is 0 Å². The predicted molar refractivity (Wildman–Crippen MR) is 96.0 cm³/mol. The van der Waals surface area contributed by atoms with E-state index in [4.69, 9.17) is 7.85 Å². The van der Waals surface area contributed by atoms with Gasteiger partial charge < -0.3 is 0 Å². The van der Waals surface area contributed by atoms with Crippen LogP contribution in [0.1, 0.15) is 96.7 Å². The molecule has 0 aliphatic heterocycles. The van der Waals surface area contributed by atoms with Crippen LogP contribution in [0.3, 0.4) is 0 Å². The average Bonchev–Trinajstić information content (AvgIpc) is 2.83. The van der Waals surface area contributed by atoms with Crippen molar-refractivity contribution in [3.05, 3.63) is 16.0 Å². The Kier molecular flexibility index (Phi) is 10.1. The summed E-state index contributed by atoms with van der Waals surface area (Å²) < 4.78 is 0.471. The van der Waals surface area contributed by atoms with E-state index >= 15 is 0 Å². The number of hydrogen-bond donors (Lipinski definition) is 0. The Labute approximate surface area is 140 Å². The molecule has 0 bridgehead atoms. The van der Waals surface area contributed by atoms with Gasteiger partial charge in [-0.2, -0.15) is 11.3 Å². The predicted octanol–water partition coefficient (Wildman–Crippen LogP) is 4.63. The number of thiophene rings is 1. The molecular weight excluding hydrogens is 291 g/mol. The van der Waals surface area contributed by atoms with Crippen molar-refractivity contribution in [2.24, 2.45) is 0 Å². The molecule has 120 valence electrons. The third-order valence-corrected chi connectivity index (χ3v) is 5.19. The molecular formula is C18H27BO2S. The fourth-order valence-corrected chi connectivity index (χ4v) is 3.78. The summed E-state index contributed by atoms with van der Waals surface area (Å²) in [6.45, 7) is 2.25. The van der Waals surface area contributed by atoms with Gasteiger partial charge in [-0.25, -0.2) is 0 Å². The Bertz CT molecular complexity index is 454. The molecule has 1 aromatic rings. The van der Waals surface area contributed by atoms with Gasteiger partial charge in [-0.1, -0.05) is 64.7 Å². The van der Waals surface area contributed by atoms with E-state index in [9.17, 15) is 9.59 Å². The highest BCUT2D eigenvalue weighted by atomic mass is 32.1. The Balaban J connectivity index is 2.15. The fraction of sp³-hybridized carbons (Fsp3) is 0.667. The van der Waals surface area contributed by atoms with Crippen molar-refractivity contribution in [3.8, 4) is 0 Å². The molecule has 0 spiro atoms. The van der Waals surface area contributed by atoms with Crippen LogP contribution in [0, 0.1) is 0 Å². The second kappa shape index (κ2) is 11.6. The van der Waals surface area contributed by atoms with E-state index in [0.29, 0.717) is 22.2 Å². The highest BCUT2D eigenvalue weighted by molar-refractivity contribution is 7.20. The van der Waals surface area contributed by atoms with Crippen LogP contribution < -0.4 is 4.78 Å². The molecule has 2 radical (unpaired) electrons. The Morgan fingerprint density at radius 2 is 1.32 bits per heavy atom. The maximum atomic E-state index is 11.1. The number of carbonyl (C=O) groups excluding carboxylic acids is 2. The van der Waals surface area contributed by atoms with Gasteiger partial charge in [0, 0.05) is 16.0 Å². The van der Waals surface area contributed by atoms with Crippen molar-refractivity contribution in [3.63, 3.8) is 0 Å². The van der Waals surface area contributed by atoms with Gasteiger partial charge in [0.05, 0.1) is 0 Å². The topological polar surface area (TPSA) is 34.1 Å². The molecule has 0 amide bonds. The molecule has 22 heavy (non-hydrogen) atoms. The Morgan fingerprint density at radius 3 is 1.82 bits per heavy atom. The van der Waals surface area contributed by atoms with E-state index in [1.165, 1.54) is 69.1 Å². The van der Waals surface area contributed by atoms with Gasteiger partial charge in [0.25, 0.3) is 0 Å². The van der Waals surface area contributed by atoms with Gasteiger partial charge in [0.1, 0.15) is 7.85 Å². The standard InChI is InChI=1S/C18H27BO2S/c1-2-3-4-5-6-7-8-9-10-11-12-17-15(13-20)16(14-21)18(19)22-17/h13-14H,2-12H2,1H3. The lowest BCUT2D eigenvalue weighted by atomic mass is 9.98. The van der Waals surface area contributed by atoms with Crippen molar-refractivity contribution in [2.45, 2.75) is 77.6 Å². The lowest BCUT2D eigenvalue weighted by Crippen LogP contribution is -2.03. The molecule has 1 rings (SSSR count). The molecule has 0 saturated carbocycles. The first kappa shape index (κ1) is 19.2. The summed E-state index contributed by atoms with van der Waals surface area (Å²) >= 11 is 1.38. The first-order valence-electron chi connectivity index (χ1n) is 8.56. The average molecular weight is 318 g/mol. The molecule has 0 atom stereocenters. The molecule has 0 unspecified atom stereocenters. The SMILES string of the molecule is [B]c1sc(CCCCCCCCCCCC)c(C=O)c1C=O. The fourth-order valence-electron chi connectivity index (χ4n) is 2.74. The molecule has 1 heterocycles. The van der Waals surface area contributed by atoms with Crippen LogP contribution in [-0.4, -0.2) is 20.4 Å². The third kappa shape index (κ3) is 6.47. The van der Waals surface area contributed by atoms with Gasteiger partial charge in [-0.15, -0.1) is 0 Å². The molecule has 0 saturated heterocycles. The van der Waals surface area contributed by atoms with Gasteiger partial charge in [0.15, 0.2) is 12.6 Å². The summed E-state index contributed by atoms with van der Waals surface area (Å²) in [6.07, 6.45) is 15.2. The van der Waals surface area contributed by atoms with Crippen LogP contribution in [0.25, 0.3) is 0 Å². The minimum absolute atomic E-state index is 0.377. The minimum atomic E-state index is 0.377. The number of aldehydes is 2. The van der Waals surface area contributed by atoms with Crippen LogP contribution in [0.15, 0.2) is 0 Å². The van der Waals surface area contributed by atoms with E-state index in [2.05, 4.69) is 6.92 Å². The third-order valence-electron chi connectivity index (χ3n) is 4.08. The molecule has 0 fully saturated rings. The maximum absolute atomic E-state index is 11.1. The minimum Gasteiger partial charge on any atom is -0.298 e. The molecule has 1 aromatic heterocycles. The summed E-state index contributed by atoms with van der Waals surface area (Å²) in [5.41, 5.74) is 0.885. The Morgan fingerprint density at radius 1 is 0.818 bits per heavy atom. The molecule has 4 heteroatoms. The van der Waals surface area contributed by atoms with E-state index in [-0.39, 0.29) is 0 Å². The summed E-state index contributed by atoms with van der Waals surface area (Å²) in [4.78, 5) is 23.0. The van der Waals surface area contributed by atoms with Crippen molar-refractivity contribution >= 4 is 36.5 Å². The highest BCUT2D eigenvalue weighted by Crippen LogP contribution is 2.20. The summed E-state index contributed by atoms with van der Waals surface area (Å²) in [6, 6.07) is 0. The zero-order chi connectivity index (χ0) is 16.2. The zero-order valence-corrected chi connectivity index (χ0v) is 14.6. The van der Waals surface area contributed by atoms with Crippen LogP contribution in [0.2, 0.25) is 0 Å². The van der Waals surface area contributed by atoms with E-state index < -0.39 is 0 Å². The number of rotatable bonds is 13. The number of carbonyl (C=O) groups is 2. The van der Waals surface area contributed by atoms with Crippen LogP contribution in [-0.2, 0) is 6.42 Å². The summed E-state index contributed by atoms with van der Waals surface area (Å²) in [5, 5.41) is 0. The van der Waals surface area contributed by atoms with Crippen molar-refractivity contribution < 1.29 is 9.59 Å². The zero-order valence-electron chi connectivity index (χ0n) is 13.7. The Hall–Kier alpha value is -0.895. The van der Waals surface area contributed by atoms with Crippen molar-refractivity contribution in [2.75, 3.05) is 0 Å². The lowest BCUT2D eigenvalue weighted by molar-refractivity contribution is 0.109. The number of hydrogen-bond acceptors (Lipinski definition) is 3. The summed E-state index contributed by atoms with van der Waals surface area (Å²) in [5.74, 6) is 0. The van der Waals surface area contributed by atoms with Gasteiger partial charge in [-0.3, -0.25) is 9.59 Å². The maximum Gasteiger partial charge on any atom is 0.151 e. The second-order valence-corrected chi connectivity index (χ2v) is 7.02. The van der Waals surface area contributed by atoms with Crippen LogP contribution in [0.4, 0.5) is 0 Å². The van der Waals surface area contributed by atoms with Gasteiger partial charge in [-0.05, 0) is 17.6 Å². The van der Waals surface area contributed by atoms with Crippen molar-refractivity contribution in [1.82, 2.24) is 0 Å². The number of unbranched alkanes of at least 4 members (excludes halogenated alkanes) is 9. The second-order valence-electron chi connectivity index (χ2n) is 5.88. The van der Waals surface area contributed by atoms with Gasteiger partial charge >= 0.3 is 0 Å². The smallest absolute Gasteiger partial charge is 0.151 e. The quantitative estimate of drug-likeness (QED) is 0.302. The molecule has 2 nitrogen and oxygen atoms in total. The summed E-state index contributed by atoms with van der Waals surface area (Å²) in [7, 11) is 5.78. The van der Waals surface area contributed by atoms with E-state index in [0.717, 1.165) is 24.0 Å². The molecule has 0 aliphatic carbocycles. The molecule has 0 aromatic carbocycles. The monoisotopic (exact) mass is 318 g/mol. The number of aryl methyl sites for hydroxylation is 1. The van der Waals surface area contributed by atoms with Gasteiger partial charge in [0.2, 0.25) is 0 Å². The normalized spacial score (nSPS) is 10.8. The lowest BCUT2D eigenvalue weighted by Gasteiger charge is -2.02. The molecule has 0 aliphatic rings. The van der Waals surface area contributed by atoms with E-state index in [1.807, 2.05) is 0 Å². The first-order valence-corrected chi connectivity index (χ1v) is 9.37.